The van der Waals surface area contributed by atoms with E-state index >= 15 is 0 Å². The average molecular weight is 293 g/mol. The third-order valence-electron chi connectivity index (χ3n) is 3.50. The zero-order valence-electron chi connectivity index (χ0n) is 12.2. The molecule has 0 aromatic heterocycles. The molecule has 0 unspecified atom stereocenters. The maximum absolute atomic E-state index is 12.3. The molecule has 1 fully saturated rings. The molecular formula is C16H23NO2S. The molecule has 110 valence electrons. The van der Waals surface area contributed by atoms with E-state index in [-0.39, 0.29) is 11.3 Å². The first kappa shape index (κ1) is 15.4. The van der Waals surface area contributed by atoms with Crippen LogP contribution in [0.2, 0.25) is 0 Å². The van der Waals surface area contributed by atoms with E-state index in [1.54, 1.807) is 25.6 Å². The lowest BCUT2D eigenvalue weighted by Crippen LogP contribution is -2.36. The summed E-state index contributed by atoms with van der Waals surface area (Å²) in [6.45, 7) is 4.26. The summed E-state index contributed by atoms with van der Waals surface area (Å²) in [5.41, 5.74) is 0.208. The maximum atomic E-state index is 12.3. The first-order valence-electron chi connectivity index (χ1n) is 7.08. The zero-order chi connectivity index (χ0) is 14.6. The quantitative estimate of drug-likeness (QED) is 0.759. The predicted octanol–water partition coefficient (Wildman–Crippen LogP) is 2.34. The van der Waals surface area contributed by atoms with Crippen LogP contribution in [0, 0.1) is 0 Å². The SMILES string of the molecule is CC(C)(O)CSCCNC(=O)C1(c2ccccc2)CC1. The Morgan fingerprint density at radius 2 is 2.00 bits per heavy atom. The van der Waals surface area contributed by atoms with E-state index in [1.807, 2.05) is 30.3 Å². The third kappa shape index (κ3) is 4.00. The molecule has 20 heavy (non-hydrogen) atoms. The summed E-state index contributed by atoms with van der Waals surface area (Å²) in [5, 5.41) is 12.6. The smallest absolute Gasteiger partial charge is 0.230 e. The molecule has 1 amide bonds. The molecule has 1 aliphatic rings. The monoisotopic (exact) mass is 293 g/mol. The molecule has 0 radical (unpaired) electrons. The van der Waals surface area contributed by atoms with Crippen molar-refractivity contribution in [3.8, 4) is 0 Å². The standard InChI is InChI=1S/C16H23NO2S/c1-15(2,19)12-20-11-10-17-14(18)16(8-9-16)13-6-4-3-5-7-13/h3-7,19H,8-12H2,1-2H3,(H,17,18). The molecule has 0 heterocycles. The van der Waals surface area contributed by atoms with Gasteiger partial charge in [-0.2, -0.15) is 11.8 Å². The van der Waals surface area contributed by atoms with E-state index in [2.05, 4.69) is 5.32 Å². The summed E-state index contributed by atoms with van der Waals surface area (Å²) in [6.07, 6.45) is 1.89. The Bertz CT molecular complexity index is 449. The van der Waals surface area contributed by atoms with Crippen molar-refractivity contribution in [2.24, 2.45) is 0 Å². The van der Waals surface area contributed by atoms with Gasteiger partial charge in [0.1, 0.15) is 0 Å². The van der Waals surface area contributed by atoms with Crippen LogP contribution in [-0.4, -0.2) is 34.7 Å². The number of nitrogens with one attached hydrogen (secondary N) is 1. The van der Waals surface area contributed by atoms with Gasteiger partial charge in [-0.3, -0.25) is 4.79 Å². The van der Waals surface area contributed by atoms with Crippen LogP contribution < -0.4 is 5.32 Å². The minimum Gasteiger partial charge on any atom is -0.390 e. The van der Waals surface area contributed by atoms with Gasteiger partial charge in [0.25, 0.3) is 0 Å². The van der Waals surface area contributed by atoms with Crippen LogP contribution >= 0.6 is 11.8 Å². The molecule has 0 atom stereocenters. The van der Waals surface area contributed by atoms with Crippen LogP contribution in [0.3, 0.4) is 0 Å². The molecule has 0 saturated heterocycles. The van der Waals surface area contributed by atoms with Crippen LogP contribution in [0.15, 0.2) is 30.3 Å². The van der Waals surface area contributed by atoms with E-state index in [0.717, 1.165) is 24.2 Å². The van der Waals surface area contributed by atoms with Crippen molar-refractivity contribution in [1.29, 1.82) is 0 Å². The van der Waals surface area contributed by atoms with Gasteiger partial charge in [0, 0.05) is 18.1 Å². The molecule has 4 heteroatoms. The van der Waals surface area contributed by atoms with Gasteiger partial charge < -0.3 is 10.4 Å². The number of aliphatic hydroxyl groups is 1. The lowest BCUT2D eigenvalue weighted by atomic mass is 9.95. The number of thioether (sulfide) groups is 1. The Balaban J connectivity index is 1.76. The highest BCUT2D eigenvalue weighted by atomic mass is 32.2. The lowest BCUT2D eigenvalue weighted by Gasteiger charge is -2.17. The molecule has 1 aromatic rings. The van der Waals surface area contributed by atoms with Gasteiger partial charge in [-0.15, -0.1) is 0 Å². The van der Waals surface area contributed by atoms with Crippen LogP contribution in [0.4, 0.5) is 0 Å². The van der Waals surface area contributed by atoms with Crippen molar-refractivity contribution >= 4 is 17.7 Å². The lowest BCUT2D eigenvalue weighted by molar-refractivity contribution is -0.123. The molecule has 2 rings (SSSR count). The first-order valence-corrected chi connectivity index (χ1v) is 8.23. The molecule has 0 bridgehead atoms. The van der Waals surface area contributed by atoms with Crippen LogP contribution in [0.1, 0.15) is 32.3 Å². The van der Waals surface area contributed by atoms with Crippen molar-refractivity contribution in [2.75, 3.05) is 18.1 Å². The highest BCUT2D eigenvalue weighted by molar-refractivity contribution is 7.99. The number of carbonyl (C=O) groups is 1. The first-order chi connectivity index (χ1) is 9.44. The predicted molar refractivity (Wildman–Crippen MR) is 84.0 cm³/mol. The molecule has 3 nitrogen and oxygen atoms in total. The second kappa shape index (κ2) is 6.19. The van der Waals surface area contributed by atoms with Gasteiger partial charge in [-0.05, 0) is 32.3 Å². The van der Waals surface area contributed by atoms with Gasteiger partial charge in [0.05, 0.1) is 11.0 Å². The van der Waals surface area contributed by atoms with Gasteiger partial charge >= 0.3 is 0 Å². The summed E-state index contributed by atoms with van der Waals surface area (Å²) in [5.74, 6) is 1.67. The largest absolute Gasteiger partial charge is 0.390 e. The van der Waals surface area contributed by atoms with Crippen LogP contribution in [0.5, 0.6) is 0 Å². The van der Waals surface area contributed by atoms with Crippen molar-refractivity contribution in [1.82, 2.24) is 5.32 Å². The van der Waals surface area contributed by atoms with Crippen molar-refractivity contribution in [3.63, 3.8) is 0 Å². The maximum Gasteiger partial charge on any atom is 0.230 e. The van der Waals surface area contributed by atoms with E-state index in [0.29, 0.717) is 12.3 Å². The van der Waals surface area contributed by atoms with Crippen LogP contribution in [-0.2, 0) is 10.2 Å². The summed E-state index contributed by atoms with van der Waals surface area (Å²) in [7, 11) is 0. The number of hydrogen-bond donors (Lipinski definition) is 2. The zero-order valence-corrected chi connectivity index (χ0v) is 13.0. The summed E-state index contributed by atoms with van der Waals surface area (Å²) < 4.78 is 0. The molecule has 0 spiro atoms. The van der Waals surface area contributed by atoms with E-state index in [4.69, 9.17) is 0 Å². The highest BCUT2D eigenvalue weighted by Crippen LogP contribution is 2.48. The van der Waals surface area contributed by atoms with Gasteiger partial charge in [-0.1, -0.05) is 30.3 Å². The van der Waals surface area contributed by atoms with E-state index < -0.39 is 5.60 Å². The summed E-state index contributed by atoms with van der Waals surface area (Å²) in [4.78, 5) is 12.3. The van der Waals surface area contributed by atoms with E-state index in [1.165, 1.54) is 0 Å². The van der Waals surface area contributed by atoms with Crippen molar-refractivity contribution in [3.05, 3.63) is 35.9 Å². The molecule has 2 N–H and O–H groups in total. The Labute approximate surface area is 125 Å². The van der Waals surface area contributed by atoms with Gasteiger partial charge in [-0.25, -0.2) is 0 Å². The number of hydrogen-bond acceptors (Lipinski definition) is 3. The average Bonchev–Trinajstić information content (AvgIpc) is 3.19. The molecule has 1 aromatic carbocycles. The van der Waals surface area contributed by atoms with Crippen molar-refractivity contribution in [2.45, 2.75) is 37.7 Å². The second-order valence-electron chi connectivity index (χ2n) is 6.07. The molecular weight excluding hydrogens is 270 g/mol. The molecule has 1 saturated carbocycles. The Kier molecular flexibility index (Phi) is 4.76. The van der Waals surface area contributed by atoms with Crippen molar-refractivity contribution < 1.29 is 9.90 Å². The normalized spacial score (nSPS) is 16.8. The minimum atomic E-state index is -0.642. The fraction of sp³-hybridized carbons (Fsp3) is 0.562. The minimum absolute atomic E-state index is 0.146. The molecule has 1 aliphatic carbocycles. The Hall–Kier alpha value is -1.00. The van der Waals surface area contributed by atoms with Crippen LogP contribution in [0.25, 0.3) is 0 Å². The summed E-state index contributed by atoms with van der Waals surface area (Å²) in [6, 6.07) is 10.0. The number of amides is 1. The number of carbonyl (C=O) groups excluding carboxylic acids is 1. The van der Waals surface area contributed by atoms with Gasteiger partial charge in [0.2, 0.25) is 5.91 Å². The number of rotatable bonds is 7. The second-order valence-corrected chi connectivity index (χ2v) is 7.17. The Morgan fingerprint density at radius 1 is 1.35 bits per heavy atom. The van der Waals surface area contributed by atoms with E-state index in [9.17, 15) is 9.90 Å². The fourth-order valence-corrected chi connectivity index (χ4v) is 3.15. The third-order valence-corrected chi connectivity index (χ3v) is 4.90. The Morgan fingerprint density at radius 3 is 2.55 bits per heavy atom. The summed E-state index contributed by atoms with van der Waals surface area (Å²) >= 11 is 1.66. The van der Waals surface area contributed by atoms with Gasteiger partial charge in [0.15, 0.2) is 0 Å². The number of benzene rings is 1. The highest BCUT2D eigenvalue weighted by Gasteiger charge is 2.50. The topological polar surface area (TPSA) is 49.3 Å². The fourth-order valence-electron chi connectivity index (χ4n) is 2.26. The molecule has 0 aliphatic heterocycles.